The highest BCUT2D eigenvalue weighted by Crippen LogP contribution is 1.84. The largest absolute Gasteiger partial charge is 0.0648 e. The molecule has 0 rings (SSSR count). The summed E-state index contributed by atoms with van der Waals surface area (Å²) in [6, 6.07) is 0. The van der Waals surface area contributed by atoms with Gasteiger partial charge in [-0.15, -0.1) is 0 Å². The van der Waals surface area contributed by atoms with E-state index in [4.69, 9.17) is 0 Å². The van der Waals surface area contributed by atoms with Gasteiger partial charge in [-0.25, -0.2) is 0 Å². The lowest BCUT2D eigenvalue weighted by atomic mass is 10.3. The van der Waals surface area contributed by atoms with E-state index in [1.165, 1.54) is 0 Å². The van der Waals surface area contributed by atoms with E-state index >= 15 is 0 Å². The molecule has 0 amide bonds. The molecule has 0 aromatic rings. The zero-order valence-corrected chi connectivity index (χ0v) is 3.78. The second kappa shape index (κ2) is 4.00. The summed E-state index contributed by atoms with van der Waals surface area (Å²) >= 11 is 0. The molecular formula is C5H9. The number of unbranched alkanes of at least 4 members (excludes halogenated alkanes) is 2. The highest BCUT2D eigenvalue weighted by molar-refractivity contribution is 4.75. The van der Waals surface area contributed by atoms with E-state index in [1.807, 2.05) is 13.3 Å². The van der Waals surface area contributed by atoms with Crippen molar-refractivity contribution in [2.24, 2.45) is 0 Å². The summed E-state index contributed by atoms with van der Waals surface area (Å²) in [5.74, 6) is 0. The van der Waals surface area contributed by atoms with Crippen LogP contribution in [0.1, 0.15) is 20.3 Å². The molecule has 0 bridgehead atoms. The van der Waals surface area contributed by atoms with Crippen LogP contribution in [0.3, 0.4) is 0 Å². The summed E-state index contributed by atoms with van der Waals surface area (Å²) in [6.07, 6.45) is 5.95. The molecule has 0 aliphatic carbocycles. The molecular weight excluding hydrogens is 60.1 g/mol. The first-order chi connectivity index (χ1) is 2.41. The van der Waals surface area contributed by atoms with Crippen LogP contribution in [0.4, 0.5) is 0 Å². The molecule has 5 heavy (non-hydrogen) atoms. The predicted octanol–water partition coefficient (Wildman–Crippen LogP) is 1.70. The maximum absolute atomic E-state index is 2.99. The van der Waals surface area contributed by atoms with E-state index in [0.717, 1.165) is 6.42 Å². The van der Waals surface area contributed by atoms with Crippen molar-refractivity contribution in [2.45, 2.75) is 20.3 Å². The highest BCUT2D eigenvalue weighted by atomic mass is 13.7. The average Bonchev–Trinajstić information content (AvgIpc) is 1.41. The van der Waals surface area contributed by atoms with Crippen LogP contribution in [-0.4, -0.2) is 0 Å². The van der Waals surface area contributed by atoms with Crippen LogP contribution in [0.2, 0.25) is 0 Å². The van der Waals surface area contributed by atoms with Gasteiger partial charge in [0.1, 0.15) is 0 Å². The first-order valence-electron chi connectivity index (χ1n) is 1.93. The van der Waals surface area contributed by atoms with E-state index in [-0.39, 0.29) is 0 Å². The molecule has 0 aromatic carbocycles. The molecule has 3 radical (unpaired) electrons. The Morgan fingerprint density at radius 1 is 1.80 bits per heavy atom. The Bertz CT molecular complexity index is 7.51. The van der Waals surface area contributed by atoms with Crippen molar-refractivity contribution in [2.75, 3.05) is 0 Å². The molecule has 0 spiro atoms. The predicted molar refractivity (Wildman–Crippen MR) is 23.5 cm³/mol. The molecule has 0 aliphatic heterocycles. The average molecular weight is 69.1 g/mol. The first kappa shape index (κ1) is 5.00. The van der Waals surface area contributed by atoms with E-state index in [1.54, 1.807) is 0 Å². The van der Waals surface area contributed by atoms with Crippen LogP contribution < -0.4 is 0 Å². The molecule has 29 valence electrons. The van der Waals surface area contributed by atoms with Gasteiger partial charge in [0.15, 0.2) is 0 Å². The second-order valence-electron chi connectivity index (χ2n) is 0.846. The minimum atomic E-state index is 1.04. The molecule has 0 nitrogen and oxygen atoms in total. The normalized spacial score (nSPS) is 8.40. The van der Waals surface area contributed by atoms with Crippen molar-refractivity contribution in [3.05, 3.63) is 12.8 Å². The molecule has 0 heteroatoms. The Kier molecular flexibility index (Phi) is 4.00. The van der Waals surface area contributed by atoms with Gasteiger partial charge in [0, 0.05) is 0 Å². The van der Waals surface area contributed by atoms with Gasteiger partial charge < -0.3 is 0 Å². The third-order valence-electron chi connectivity index (χ3n) is 0.408. The fourth-order valence-electron chi connectivity index (χ4n) is 0.204. The van der Waals surface area contributed by atoms with Crippen molar-refractivity contribution in [1.82, 2.24) is 0 Å². The van der Waals surface area contributed by atoms with Crippen molar-refractivity contribution in [3.8, 4) is 0 Å². The SMILES string of the molecule is C[CH][C]CC. The van der Waals surface area contributed by atoms with Crippen LogP contribution in [0, 0.1) is 12.8 Å². The number of hydrogen-bond donors (Lipinski definition) is 0. The van der Waals surface area contributed by atoms with Crippen LogP contribution >= 0.6 is 0 Å². The van der Waals surface area contributed by atoms with Crippen molar-refractivity contribution in [1.29, 1.82) is 0 Å². The van der Waals surface area contributed by atoms with Gasteiger partial charge in [0.2, 0.25) is 0 Å². The summed E-state index contributed by atoms with van der Waals surface area (Å²) in [5.41, 5.74) is 0. The second-order valence-corrected chi connectivity index (χ2v) is 0.846. The Hall–Kier alpha value is 0. The quantitative estimate of drug-likeness (QED) is 0.463. The topological polar surface area (TPSA) is 0 Å². The lowest BCUT2D eigenvalue weighted by Gasteiger charge is -1.77. The fourth-order valence-corrected chi connectivity index (χ4v) is 0.204. The number of rotatable bonds is 2. The highest BCUT2D eigenvalue weighted by Gasteiger charge is 1.70. The smallest absolute Gasteiger partial charge is 0.0142 e. The van der Waals surface area contributed by atoms with Gasteiger partial charge in [0.25, 0.3) is 0 Å². The van der Waals surface area contributed by atoms with Crippen LogP contribution in [-0.2, 0) is 0 Å². The monoisotopic (exact) mass is 69.1 g/mol. The van der Waals surface area contributed by atoms with Crippen LogP contribution in [0.25, 0.3) is 0 Å². The summed E-state index contributed by atoms with van der Waals surface area (Å²) in [4.78, 5) is 0. The molecule has 0 N–H and O–H groups in total. The standard InChI is InChI=1S/C5H9/c1-3-5-4-2/h3H,4H2,1-2H3. The zero-order chi connectivity index (χ0) is 4.12. The molecule has 0 aliphatic rings. The Morgan fingerprint density at radius 2 is 2.40 bits per heavy atom. The molecule has 0 unspecified atom stereocenters. The Balaban J connectivity index is 2.19. The van der Waals surface area contributed by atoms with Gasteiger partial charge in [-0.05, 0) is 19.3 Å². The van der Waals surface area contributed by atoms with Crippen LogP contribution in [0.5, 0.6) is 0 Å². The van der Waals surface area contributed by atoms with Gasteiger partial charge in [-0.3, -0.25) is 0 Å². The van der Waals surface area contributed by atoms with Gasteiger partial charge in [0.05, 0.1) is 0 Å². The first-order valence-corrected chi connectivity index (χ1v) is 1.93. The summed E-state index contributed by atoms with van der Waals surface area (Å²) in [7, 11) is 0. The lowest BCUT2D eigenvalue weighted by molar-refractivity contribution is 1.10. The summed E-state index contributed by atoms with van der Waals surface area (Å²) in [6.45, 7) is 4.05. The van der Waals surface area contributed by atoms with Crippen molar-refractivity contribution < 1.29 is 0 Å². The van der Waals surface area contributed by atoms with Gasteiger partial charge in [-0.1, -0.05) is 13.8 Å². The van der Waals surface area contributed by atoms with E-state index in [2.05, 4.69) is 13.3 Å². The molecule has 0 saturated heterocycles. The minimum absolute atomic E-state index is 1.04. The summed E-state index contributed by atoms with van der Waals surface area (Å²) < 4.78 is 0. The maximum atomic E-state index is 2.99. The van der Waals surface area contributed by atoms with Crippen molar-refractivity contribution >= 4 is 0 Å². The van der Waals surface area contributed by atoms with E-state index < -0.39 is 0 Å². The molecule has 0 atom stereocenters. The van der Waals surface area contributed by atoms with E-state index in [0.29, 0.717) is 0 Å². The molecule has 0 heterocycles. The number of hydrogen-bond acceptors (Lipinski definition) is 0. The minimum Gasteiger partial charge on any atom is -0.0648 e. The molecule has 0 aromatic heterocycles. The molecule has 0 saturated carbocycles. The Labute approximate surface area is 34.2 Å². The Morgan fingerprint density at radius 3 is 2.40 bits per heavy atom. The third-order valence-corrected chi connectivity index (χ3v) is 0.408. The van der Waals surface area contributed by atoms with Gasteiger partial charge >= 0.3 is 0 Å². The fraction of sp³-hybridized carbons (Fsp3) is 0.600. The zero-order valence-electron chi connectivity index (χ0n) is 3.78. The van der Waals surface area contributed by atoms with E-state index in [9.17, 15) is 0 Å². The molecule has 0 fully saturated rings. The lowest BCUT2D eigenvalue weighted by Crippen LogP contribution is -1.62. The van der Waals surface area contributed by atoms with Crippen molar-refractivity contribution in [3.63, 3.8) is 0 Å². The third kappa shape index (κ3) is 4.00. The summed E-state index contributed by atoms with van der Waals surface area (Å²) in [5, 5.41) is 0. The maximum Gasteiger partial charge on any atom is -0.0142 e. The van der Waals surface area contributed by atoms with Gasteiger partial charge in [-0.2, -0.15) is 0 Å². The van der Waals surface area contributed by atoms with Crippen LogP contribution in [0.15, 0.2) is 0 Å².